The number of nitrogens with zero attached hydrogens (tertiary/aromatic N) is 5. The van der Waals surface area contributed by atoms with E-state index in [1.165, 1.54) is 5.19 Å². The standard InChI is InChI=1S/C37H42BrN5O5Si/c1-24-35(49(3,4)30-12-10-29(47-2)11-13-30)33(15-18-41-23-27(17-20-44)39-40-41)48-37(24)31-21-26(38)7-14-32(31)43(36(37)46)22-25-5-8-28(9-6-25)42-19-16-34(42)45/h5-14,21,23-24,33,35,44H,15-20,22H2,1-4H3/t24-,33+,35-,37+/m1/s1. The van der Waals surface area contributed by atoms with Gasteiger partial charge in [0.2, 0.25) is 5.91 Å². The molecule has 2 amide bonds. The Morgan fingerprint density at radius 3 is 2.49 bits per heavy atom. The second kappa shape index (κ2) is 13.1. The monoisotopic (exact) mass is 743 g/mol. The molecule has 0 saturated carbocycles. The molecule has 2 fully saturated rings. The number of hydrogen-bond donors (Lipinski definition) is 1. The second-order valence-electron chi connectivity index (χ2n) is 13.9. The van der Waals surface area contributed by atoms with E-state index in [4.69, 9.17) is 9.47 Å². The van der Waals surface area contributed by atoms with Crippen LogP contribution in [0.1, 0.15) is 36.6 Å². The van der Waals surface area contributed by atoms with Crippen molar-refractivity contribution in [2.45, 2.75) is 69.6 Å². The molecule has 12 heteroatoms. The van der Waals surface area contributed by atoms with Crippen molar-refractivity contribution in [3.8, 4) is 5.75 Å². The summed E-state index contributed by atoms with van der Waals surface area (Å²) in [5.41, 5.74) is 3.27. The Labute approximate surface area is 296 Å². The maximum Gasteiger partial charge on any atom is 0.264 e. The van der Waals surface area contributed by atoms with Crippen LogP contribution in [0.3, 0.4) is 0 Å². The van der Waals surface area contributed by atoms with Crippen LogP contribution in [0.4, 0.5) is 11.4 Å². The smallest absolute Gasteiger partial charge is 0.264 e. The largest absolute Gasteiger partial charge is 0.497 e. The first-order valence-corrected chi connectivity index (χ1v) is 20.8. The summed E-state index contributed by atoms with van der Waals surface area (Å²) in [6, 6.07) is 22.4. The zero-order valence-corrected chi connectivity index (χ0v) is 30.9. The fourth-order valence-corrected chi connectivity index (χ4v) is 12.6. The lowest BCUT2D eigenvalue weighted by Gasteiger charge is -2.37. The highest BCUT2D eigenvalue weighted by Gasteiger charge is 2.66. The second-order valence-corrected chi connectivity index (χ2v) is 19.5. The third-order valence-corrected chi connectivity index (χ3v) is 15.7. The number of hydrogen-bond acceptors (Lipinski definition) is 7. The van der Waals surface area contributed by atoms with Gasteiger partial charge < -0.3 is 24.4 Å². The van der Waals surface area contributed by atoms with Crippen molar-refractivity contribution < 1.29 is 24.2 Å². The Hall–Kier alpha value is -3.84. The lowest BCUT2D eigenvalue weighted by Crippen LogP contribution is -2.51. The van der Waals surface area contributed by atoms with Crippen molar-refractivity contribution >= 4 is 52.4 Å². The molecular formula is C37H42BrN5O5Si. The zero-order valence-electron chi connectivity index (χ0n) is 28.3. The molecule has 0 bridgehead atoms. The molecule has 2 saturated heterocycles. The normalized spacial score (nSPS) is 23.3. The first kappa shape index (κ1) is 33.6. The van der Waals surface area contributed by atoms with Gasteiger partial charge in [-0.1, -0.05) is 70.6 Å². The van der Waals surface area contributed by atoms with Gasteiger partial charge in [0.25, 0.3) is 5.91 Å². The number of aliphatic hydroxyl groups is 1. The number of aromatic nitrogens is 3. The lowest BCUT2D eigenvalue weighted by atomic mass is 9.82. The summed E-state index contributed by atoms with van der Waals surface area (Å²) in [5.74, 6) is 0.767. The topological polar surface area (TPSA) is 110 Å². The van der Waals surface area contributed by atoms with Gasteiger partial charge in [-0.15, -0.1) is 5.10 Å². The van der Waals surface area contributed by atoms with E-state index in [-0.39, 0.29) is 36.0 Å². The Kier molecular flexibility index (Phi) is 9.01. The fourth-order valence-electron chi connectivity index (χ4n) is 8.20. The minimum atomic E-state index is -2.30. The molecule has 4 atom stereocenters. The Morgan fingerprint density at radius 1 is 1.08 bits per heavy atom. The molecule has 0 aliphatic carbocycles. The lowest BCUT2D eigenvalue weighted by molar-refractivity contribution is -0.146. The molecule has 0 unspecified atom stereocenters. The number of carbonyl (C=O) groups is 2. The predicted molar refractivity (Wildman–Crippen MR) is 194 cm³/mol. The fraction of sp³-hybridized carbons (Fsp3) is 0.405. The number of rotatable bonds is 11. The quantitative estimate of drug-likeness (QED) is 0.167. The van der Waals surface area contributed by atoms with E-state index in [2.05, 4.69) is 64.5 Å². The van der Waals surface area contributed by atoms with Crippen LogP contribution < -0.4 is 19.7 Å². The minimum Gasteiger partial charge on any atom is -0.497 e. The summed E-state index contributed by atoms with van der Waals surface area (Å²) in [4.78, 5) is 30.7. The number of ether oxygens (including phenoxy) is 2. The number of amides is 2. The molecule has 1 spiro atoms. The number of anilines is 2. The third kappa shape index (κ3) is 5.82. The molecule has 3 aliphatic rings. The summed E-state index contributed by atoms with van der Waals surface area (Å²) >= 11 is 3.70. The van der Waals surface area contributed by atoms with E-state index < -0.39 is 13.7 Å². The number of methoxy groups -OCH3 is 1. The van der Waals surface area contributed by atoms with Gasteiger partial charge in [-0.25, -0.2) is 0 Å². The van der Waals surface area contributed by atoms with Crippen molar-refractivity contribution in [3.63, 3.8) is 0 Å². The first-order valence-electron chi connectivity index (χ1n) is 16.9. The van der Waals surface area contributed by atoms with Crippen LogP contribution in [0.5, 0.6) is 5.75 Å². The van der Waals surface area contributed by atoms with E-state index in [0.717, 1.165) is 45.0 Å². The summed E-state index contributed by atoms with van der Waals surface area (Å²) in [7, 11) is -0.627. The Bertz CT molecular complexity index is 1870. The molecule has 4 aromatic rings. The molecule has 1 N–H and O–H groups in total. The number of aryl methyl sites for hydroxylation is 1. The van der Waals surface area contributed by atoms with Gasteiger partial charge in [0.1, 0.15) is 5.75 Å². The number of aliphatic hydroxyl groups excluding tert-OH is 1. The summed E-state index contributed by atoms with van der Waals surface area (Å²) in [6.45, 7) is 8.67. The number of carbonyl (C=O) groups excluding carboxylic acids is 2. The van der Waals surface area contributed by atoms with Crippen LogP contribution in [0, 0.1) is 5.92 Å². The van der Waals surface area contributed by atoms with Crippen molar-refractivity contribution in [1.29, 1.82) is 0 Å². The number of fused-ring (bicyclic) bond motifs is 2. The number of β-lactam (4-membered cyclic amide) rings is 1. The highest BCUT2D eigenvalue weighted by molar-refractivity contribution is 9.10. The SMILES string of the molecule is COc1ccc([Si](C)(C)[C@H]2[C@H](CCn3cc(CCO)nn3)O[C@@]3(C(=O)N(Cc4ccc(N5CCC5=O)cc4)c4ccc(Br)cc43)[C@@H]2C)cc1. The molecule has 3 aliphatic heterocycles. The van der Waals surface area contributed by atoms with E-state index in [1.54, 1.807) is 12.0 Å². The molecule has 1 aromatic heterocycles. The molecule has 7 rings (SSSR count). The van der Waals surface area contributed by atoms with E-state index in [9.17, 15) is 9.90 Å². The first-order chi connectivity index (χ1) is 23.6. The Morgan fingerprint density at radius 2 is 1.84 bits per heavy atom. The summed E-state index contributed by atoms with van der Waals surface area (Å²) in [5, 5.41) is 19.2. The predicted octanol–water partition coefficient (Wildman–Crippen LogP) is 5.17. The van der Waals surface area contributed by atoms with Crippen LogP contribution in [-0.2, 0) is 39.4 Å². The van der Waals surface area contributed by atoms with Gasteiger partial charge in [-0.2, -0.15) is 0 Å². The van der Waals surface area contributed by atoms with E-state index >= 15 is 4.79 Å². The molecule has 3 aromatic carbocycles. The molecule has 0 radical (unpaired) electrons. The zero-order chi connectivity index (χ0) is 34.5. The van der Waals surface area contributed by atoms with Crippen LogP contribution in [0.2, 0.25) is 18.6 Å². The van der Waals surface area contributed by atoms with Gasteiger partial charge in [-0.3, -0.25) is 14.3 Å². The number of halogens is 1. The average Bonchev–Trinajstić information content (AvgIpc) is 3.74. The van der Waals surface area contributed by atoms with Crippen LogP contribution in [-0.4, -0.2) is 66.4 Å². The third-order valence-electron chi connectivity index (χ3n) is 10.8. The van der Waals surface area contributed by atoms with Crippen LogP contribution in [0.25, 0.3) is 0 Å². The van der Waals surface area contributed by atoms with Crippen molar-refractivity contribution in [2.24, 2.45) is 5.92 Å². The van der Waals surface area contributed by atoms with Crippen molar-refractivity contribution in [3.05, 3.63) is 94.2 Å². The van der Waals surface area contributed by atoms with Gasteiger partial charge in [-0.05, 0) is 60.0 Å². The van der Waals surface area contributed by atoms with Crippen molar-refractivity contribution in [2.75, 3.05) is 30.1 Å². The van der Waals surface area contributed by atoms with Crippen LogP contribution in [0.15, 0.2) is 77.4 Å². The van der Waals surface area contributed by atoms with E-state index in [1.807, 2.05) is 64.3 Å². The van der Waals surface area contributed by atoms with Gasteiger partial charge >= 0.3 is 0 Å². The maximum absolute atomic E-state index is 15.1. The van der Waals surface area contributed by atoms with Gasteiger partial charge in [0, 0.05) is 60.4 Å². The molecule has 10 nitrogen and oxygen atoms in total. The Balaban J connectivity index is 1.25. The van der Waals surface area contributed by atoms with Crippen molar-refractivity contribution in [1.82, 2.24) is 15.0 Å². The van der Waals surface area contributed by atoms with Crippen LogP contribution >= 0.6 is 15.9 Å². The molecule has 256 valence electrons. The van der Waals surface area contributed by atoms with Gasteiger partial charge in [0.05, 0.1) is 39.2 Å². The average molecular weight is 745 g/mol. The summed E-state index contributed by atoms with van der Waals surface area (Å²) < 4.78 is 15.4. The molecule has 4 heterocycles. The maximum atomic E-state index is 15.1. The number of benzene rings is 3. The highest BCUT2D eigenvalue weighted by atomic mass is 79.9. The minimum absolute atomic E-state index is 0.0179. The molecular weight excluding hydrogens is 702 g/mol. The van der Waals surface area contributed by atoms with Gasteiger partial charge in [0.15, 0.2) is 5.60 Å². The highest BCUT2D eigenvalue weighted by Crippen LogP contribution is 2.60. The van der Waals surface area contributed by atoms with E-state index in [0.29, 0.717) is 32.4 Å². The molecule has 49 heavy (non-hydrogen) atoms. The summed E-state index contributed by atoms with van der Waals surface area (Å²) in [6.07, 6.45) is 3.34.